The lowest BCUT2D eigenvalue weighted by Crippen LogP contribution is -2.52. The fourth-order valence-corrected chi connectivity index (χ4v) is 4.20. The SMILES string of the molecule is COc1ccc(CNC(=S)N2CCC[C@H]3CCCC[C@@H]32)cc1. The minimum atomic E-state index is 0.679. The van der Waals surface area contributed by atoms with Gasteiger partial charge in [-0.15, -0.1) is 0 Å². The number of rotatable bonds is 3. The number of methoxy groups -OCH3 is 1. The van der Waals surface area contributed by atoms with E-state index in [0.717, 1.165) is 29.9 Å². The van der Waals surface area contributed by atoms with E-state index in [9.17, 15) is 0 Å². The van der Waals surface area contributed by atoms with Gasteiger partial charge in [-0.2, -0.15) is 0 Å². The summed E-state index contributed by atoms with van der Waals surface area (Å²) in [4.78, 5) is 2.46. The maximum atomic E-state index is 5.68. The summed E-state index contributed by atoms with van der Waals surface area (Å²) in [7, 11) is 1.69. The normalized spacial score (nSPS) is 24.5. The average Bonchev–Trinajstić information content (AvgIpc) is 2.59. The summed E-state index contributed by atoms with van der Waals surface area (Å²) in [6.07, 6.45) is 8.14. The van der Waals surface area contributed by atoms with Gasteiger partial charge in [0, 0.05) is 19.1 Å². The van der Waals surface area contributed by atoms with Crippen LogP contribution >= 0.6 is 12.2 Å². The Bertz CT molecular complexity index is 500. The van der Waals surface area contributed by atoms with Crippen LogP contribution in [0, 0.1) is 5.92 Å². The molecule has 1 aliphatic carbocycles. The maximum Gasteiger partial charge on any atom is 0.169 e. The zero-order valence-corrected chi connectivity index (χ0v) is 14.2. The van der Waals surface area contributed by atoms with Crippen molar-refractivity contribution in [1.82, 2.24) is 10.2 Å². The van der Waals surface area contributed by atoms with Gasteiger partial charge in [0.2, 0.25) is 0 Å². The number of hydrogen-bond donors (Lipinski definition) is 1. The van der Waals surface area contributed by atoms with Crippen molar-refractivity contribution in [3.8, 4) is 5.75 Å². The van der Waals surface area contributed by atoms with Gasteiger partial charge in [-0.25, -0.2) is 0 Å². The monoisotopic (exact) mass is 318 g/mol. The Morgan fingerprint density at radius 2 is 1.91 bits per heavy atom. The number of thiocarbonyl (C=S) groups is 1. The topological polar surface area (TPSA) is 24.5 Å². The molecule has 1 saturated heterocycles. The van der Waals surface area contributed by atoms with Crippen molar-refractivity contribution >= 4 is 17.3 Å². The molecule has 1 aliphatic heterocycles. The molecule has 2 atom stereocenters. The number of hydrogen-bond acceptors (Lipinski definition) is 2. The molecule has 0 unspecified atom stereocenters. The van der Waals surface area contributed by atoms with Crippen LogP contribution in [0.3, 0.4) is 0 Å². The highest BCUT2D eigenvalue weighted by molar-refractivity contribution is 7.80. The van der Waals surface area contributed by atoms with Crippen molar-refractivity contribution in [2.75, 3.05) is 13.7 Å². The number of piperidine rings is 1. The molecule has 3 nitrogen and oxygen atoms in total. The minimum absolute atomic E-state index is 0.679. The first-order chi connectivity index (χ1) is 10.8. The molecule has 0 bridgehead atoms. The first-order valence-corrected chi connectivity index (χ1v) is 8.86. The van der Waals surface area contributed by atoms with Crippen molar-refractivity contribution in [2.45, 2.75) is 51.1 Å². The number of likely N-dealkylation sites (tertiary alicyclic amines) is 1. The molecular weight excluding hydrogens is 292 g/mol. The summed E-state index contributed by atoms with van der Waals surface area (Å²) < 4.78 is 5.19. The Morgan fingerprint density at radius 3 is 2.68 bits per heavy atom. The average molecular weight is 318 g/mol. The van der Waals surface area contributed by atoms with E-state index < -0.39 is 0 Å². The molecule has 1 N–H and O–H groups in total. The third-order valence-electron chi connectivity index (χ3n) is 5.11. The van der Waals surface area contributed by atoms with Gasteiger partial charge in [0.1, 0.15) is 5.75 Å². The molecule has 2 aliphatic rings. The van der Waals surface area contributed by atoms with Crippen LogP contribution in [0.4, 0.5) is 0 Å². The highest BCUT2D eigenvalue weighted by atomic mass is 32.1. The van der Waals surface area contributed by atoms with Crippen LogP contribution in [0.15, 0.2) is 24.3 Å². The fourth-order valence-electron chi connectivity index (χ4n) is 3.90. The van der Waals surface area contributed by atoms with E-state index in [1.807, 2.05) is 12.1 Å². The van der Waals surface area contributed by atoms with Crippen LogP contribution in [0.25, 0.3) is 0 Å². The van der Waals surface area contributed by atoms with Crippen LogP contribution in [0.5, 0.6) is 5.75 Å². The summed E-state index contributed by atoms with van der Waals surface area (Å²) in [6.45, 7) is 1.91. The zero-order chi connectivity index (χ0) is 15.4. The van der Waals surface area contributed by atoms with Gasteiger partial charge in [0.25, 0.3) is 0 Å². The van der Waals surface area contributed by atoms with Gasteiger partial charge in [-0.05, 0) is 61.5 Å². The van der Waals surface area contributed by atoms with E-state index in [2.05, 4.69) is 22.3 Å². The van der Waals surface area contributed by atoms with E-state index in [-0.39, 0.29) is 0 Å². The quantitative estimate of drug-likeness (QED) is 0.859. The largest absolute Gasteiger partial charge is 0.497 e. The lowest BCUT2D eigenvalue weighted by Gasteiger charge is -2.45. The minimum Gasteiger partial charge on any atom is -0.497 e. The van der Waals surface area contributed by atoms with E-state index in [0.29, 0.717) is 6.04 Å². The number of nitrogens with zero attached hydrogens (tertiary/aromatic N) is 1. The Labute approximate surface area is 139 Å². The van der Waals surface area contributed by atoms with Gasteiger partial charge in [-0.3, -0.25) is 0 Å². The molecule has 4 heteroatoms. The smallest absolute Gasteiger partial charge is 0.169 e. The first-order valence-electron chi connectivity index (χ1n) is 8.45. The molecule has 3 rings (SSSR count). The summed E-state index contributed by atoms with van der Waals surface area (Å²) in [6, 6.07) is 8.86. The first kappa shape index (κ1) is 15.6. The summed E-state index contributed by atoms with van der Waals surface area (Å²) in [5.41, 5.74) is 1.24. The summed E-state index contributed by atoms with van der Waals surface area (Å²) in [5, 5.41) is 4.39. The fraction of sp³-hybridized carbons (Fsp3) is 0.611. The lowest BCUT2D eigenvalue weighted by atomic mass is 9.78. The lowest BCUT2D eigenvalue weighted by molar-refractivity contribution is 0.118. The Hall–Kier alpha value is -1.29. The van der Waals surface area contributed by atoms with Crippen LogP contribution in [0.1, 0.15) is 44.1 Å². The molecule has 1 saturated carbocycles. The number of nitrogens with one attached hydrogen (secondary N) is 1. The van der Waals surface area contributed by atoms with Gasteiger partial charge in [0.05, 0.1) is 7.11 Å². The molecule has 1 aromatic carbocycles. The van der Waals surface area contributed by atoms with Gasteiger partial charge < -0.3 is 15.0 Å². The van der Waals surface area contributed by atoms with Gasteiger partial charge in [-0.1, -0.05) is 25.0 Å². The standard InChI is InChI=1S/C18H26N2OS/c1-21-16-10-8-14(9-11-16)13-19-18(22)20-12-4-6-15-5-2-3-7-17(15)20/h8-11,15,17H,2-7,12-13H2,1H3,(H,19,22)/t15-,17+/m1/s1. The summed E-state index contributed by atoms with van der Waals surface area (Å²) >= 11 is 5.68. The van der Waals surface area contributed by atoms with E-state index in [1.165, 1.54) is 44.1 Å². The molecular formula is C18H26N2OS. The Balaban J connectivity index is 1.56. The van der Waals surface area contributed by atoms with Crippen molar-refractivity contribution in [3.63, 3.8) is 0 Å². The maximum absolute atomic E-state index is 5.68. The second kappa shape index (κ2) is 7.32. The third kappa shape index (κ3) is 3.54. The molecule has 0 spiro atoms. The van der Waals surface area contributed by atoms with E-state index in [1.54, 1.807) is 7.11 Å². The third-order valence-corrected chi connectivity index (χ3v) is 5.49. The number of benzene rings is 1. The van der Waals surface area contributed by atoms with Crippen LogP contribution in [0.2, 0.25) is 0 Å². The number of fused-ring (bicyclic) bond motifs is 1. The molecule has 1 heterocycles. The van der Waals surface area contributed by atoms with E-state index in [4.69, 9.17) is 17.0 Å². The highest BCUT2D eigenvalue weighted by Crippen LogP contribution is 2.35. The molecule has 120 valence electrons. The molecule has 0 radical (unpaired) electrons. The van der Waals surface area contributed by atoms with Gasteiger partial charge >= 0.3 is 0 Å². The molecule has 1 aromatic rings. The molecule has 0 amide bonds. The van der Waals surface area contributed by atoms with Crippen molar-refractivity contribution < 1.29 is 4.74 Å². The Morgan fingerprint density at radius 1 is 1.18 bits per heavy atom. The van der Waals surface area contributed by atoms with Crippen LogP contribution in [-0.4, -0.2) is 29.7 Å². The van der Waals surface area contributed by atoms with E-state index >= 15 is 0 Å². The Kier molecular flexibility index (Phi) is 5.19. The van der Waals surface area contributed by atoms with Crippen molar-refractivity contribution in [1.29, 1.82) is 0 Å². The zero-order valence-electron chi connectivity index (χ0n) is 13.4. The van der Waals surface area contributed by atoms with Crippen LogP contribution in [-0.2, 0) is 6.54 Å². The predicted octanol–water partition coefficient (Wildman–Crippen LogP) is 3.72. The molecule has 2 fully saturated rings. The predicted molar refractivity (Wildman–Crippen MR) is 94.1 cm³/mol. The van der Waals surface area contributed by atoms with Gasteiger partial charge in [0.15, 0.2) is 5.11 Å². The molecule has 0 aromatic heterocycles. The van der Waals surface area contributed by atoms with Crippen molar-refractivity contribution in [3.05, 3.63) is 29.8 Å². The second-order valence-corrected chi connectivity index (χ2v) is 6.84. The van der Waals surface area contributed by atoms with Crippen molar-refractivity contribution in [2.24, 2.45) is 5.92 Å². The summed E-state index contributed by atoms with van der Waals surface area (Å²) in [5.74, 6) is 1.76. The highest BCUT2D eigenvalue weighted by Gasteiger charge is 2.34. The van der Waals surface area contributed by atoms with Crippen LogP contribution < -0.4 is 10.1 Å². The second-order valence-electron chi connectivity index (χ2n) is 6.45. The number of ether oxygens (including phenoxy) is 1. The molecule has 22 heavy (non-hydrogen) atoms.